The molecule has 0 aliphatic carbocycles. The van der Waals surface area contributed by atoms with E-state index in [1.165, 1.54) is 0 Å². The van der Waals surface area contributed by atoms with Crippen molar-refractivity contribution in [2.24, 2.45) is 0 Å². The molecule has 2 bridgehead atoms. The lowest BCUT2D eigenvalue weighted by Gasteiger charge is -2.38. The van der Waals surface area contributed by atoms with E-state index in [1.807, 2.05) is 34.6 Å². The van der Waals surface area contributed by atoms with Gasteiger partial charge in [-0.3, -0.25) is 4.90 Å². The van der Waals surface area contributed by atoms with E-state index in [0.29, 0.717) is 0 Å². The van der Waals surface area contributed by atoms with Crippen LogP contribution in [0.15, 0.2) is 12.2 Å². The number of fused-ring (bicyclic) bond motifs is 5. The Kier molecular flexibility index (Phi) is 3.13. The fraction of sp³-hybridized carbons (Fsp3) is 0.800. The fourth-order valence-electron chi connectivity index (χ4n) is 3.32. The summed E-state index contributed by atoms with van der Waals surface area (Å²) in [5.74, 6) is -0.698. The van der Waals surface area contributed by atoms with Crippen molar-refractivity contribution in [1.29, 1.82) is 0 Å². The van der Waals surface area contributed by atoms with Gasteiger partial charge in [0.2, 0.25) is 0 Å². The average Bonchev–Trinajstić information content (AvgIpc) is 2.71. The number of rotatable bonds is 0. The molecule has 3 aliphatic rings. The van der Waals surface area contributed by atoms with Gasteiger partial charge in [0.1, 0.15) is 17.8 Å². The third kappa shape index (κ3) is 2.45. The highest BCUT2D eigenvalue weighted by Crippen LogP contribution is 2.44. The molecule has 0 radical (unpaired) electrons. The van der Waals surface area contributed by atoms with Gasteiger partial charge >= 0.3 is 6.09 Å². The molecule has 2 fully saturated rings. The first-order valence-electron chi connectivity index (χ1n) is 7.32. The predicted molar refractivity (Wildman–Crippen MR) is 74.6 cm³/mol. The molecule has 118 valence electrons. The summed E-state index contributed by atoms with van der Waals surface area (Å²) in [6.45, 7) is 9.14. The van der Waals surface area contributed by atoms with Crippen LogP contribution in [0.5, 0.6) is 0 Å². The zero-order valence-electron chi connectivity index (χ0n) is 13.1. The summed E-state index contributed by atoms with van der Waals surface area (Å²) >= 11 is 0. The quantitative estimate of drug-likeness (QED) is 0.685. The summed E-state index contributed by atoms with van der Waals surface area (Å²) in [6.07, 6.45) is 1.67. The fourth-order valence-corrected chi connectivity index (χ4v) is 3.32. The number of aliphatic hydroxyl groups is 1. The molecular weight excluding hydrogens is 274 g/mol. The Morgan fingerprint density at radius 1 is 1.24 bits per heavy atom. The van der Waals surface area contributed by atoms with Crippen LogP contribution < -0.4 is 0 Å². The summed E-state index contributed by atoms with van der Waals surface area (Å²) < 4.78 is 17.3. The number of hydrogen-bond acceptors (Lipinski definition) is 5. The maximum atomic E-state index is 12.5. The molecule has 5 atom stereocenters. The van der Waals surface area contributed by atoms with Gasteiger partial charge in [0, 0.05) is 0 Å². The molecule has 6 heteroatoms. The Labute approximate surface area is 124 Å². The minimum Gasteiger partial charge on any atom is -0.444 e. The van der Waals surface area contributed by atoms with Crippen LogP contribution in [-0.2, 0) is 14.2 Å². The molecule has 3 aliphatic heterocycles. The van der Waals surface area contributed by atoms with E-state index >= 15 is 0 Å². The van der Waals surface area contributed by atoms with Crippen molar-refractivity contribution in [3.8, 4) is 0 Å². The first kappa shape index (κ1) is 14.8. The van der Waals surface area contributed by atoms with Gasteiger partial charge in [-0.05, 0) is 34.6 Å². The van der Waals surface area contributed by atoms with Crippen LogP contribution in [0.25, 0.3) is 0 Å². The molecule has 6 nitrogen and oxygen atoms in total. The Bertz CT molecular complexity index is 481. The van der Waals surface area contributed by atoms with Gasteiger partial charge < -0.3 is 19.3 Å². The largest absolute Gasteiger partial charge is 0.444 e. The summed E-state index contributed by atoms with van der Waals surface area (Å²) in [4.78, 5) is 14.0. The topological polar surface area (TPSA) is 68.2 Å². The van der Waals surface area contributed by atoms with Crippen molar-refractivity contribution in [3.63, 3.8) is 0 Å². The first-order chi connectivity index (χ1) is 9.59. The first-order valence-corrected chi connectivity index (χ1v) is 7.32. The zero-order valence-corrected chi connectivity index (χ0v) is 13.1. The average molecular weight is 297 g/mol. The molecule has 1 N–H and O–H groups in total. The monoisotopic (exact) mass is 297 g/mol. The van der Waals surface area contributed by atoms with Gasteiger partial charge in [0.05, 0.1) is 18.2 Å². The lowest BCUT2D eigenvalue weighted by Crippen LogP contribution is -2.53. The maximum absolute atomic E-state index is 12.5. The van der Waals surface area contributed by atoms with Crippen LogP contribution in [0, 0.1) is 0 Å². The van der Waals surface area contributed by atoms with Gasteiger partial charge in [-0.1, -0.05) is 12.2 Å². The van der Waals surface area contributed by atoms with Crippen molar-refractivity contribution in [1.82, 2.24) is 4.90 Å². The predicted octanol–water partition coefficient (Wildman–Crippen LogP) is 1.43. The third-order valence-electron chi connectivity index (χ3n) is 3.94. The van der Waals surface area contributed by atoms with Crippen LogP contribution >= 0.6 is 0 Å². The molecule has 3 rings (SSSR count). The summed E-state index contributed by atoms with van der Waals surface area (Å²) in [5.41, 5.74) is -0.585. The number of hydrogen-bond donors (Lipinski definition) is 1. The van der Waals surface area contributed by atoms with Crippen molar-refractivity contribution < 1.29 is 24.1 Å². The van der Waals surface area contributed by atoms with Gasteiger partial charge in [-0.15, -0.1) is 0 Å². The Morgan fingerprint density at radius 2 is 1.86 bits per heavy atom. The van der Waals surface area contributed by atoms with E-state index in [-0.39, 0.29) is 18.2 Å². The molecule has 3 heterocycles. The van der Waals surface area contributed by atoms with Gasteiger partial charge in [0.25, 0.3) is 0 Å². The van der Waals surface area contributed by atoms with E-state index in [4.69, 9.17) is 14.2 Å². The second-order valence-electron chi connectivity index (χ2n) is 7.31. The second kappa shape index (κ2) is 4.44. The SMILES string of the molecule is CC(C)(C)OC(=O)N1[C@@H]2[C@@H]3OC(C)(C)O[C@@H]3[C@H]1C=C[C@H]2O. The zero-order chi connectivity index (χ0) is 15.6. The highest BCUT2D eigenvalue weighted by Gasteiger charge is 2.62. The van der Waals surface area contributed by atoms with E-state index in [9.17, 15) is 9.90 Å². The standard InChI is InChI=1S/C15H23NO5/c1-14(2,3)21-13(18)16-8-6-7-9(17)10(16)12-11(8)19-15(4,5)20-12/h6-12,17H,1-5H3/t8-,9-,10+,11-,12+/m1/s1. The molecule has 1 amide bonds. The smallest absolute Gasteiger partial charge is 0.411 e. The minimum absolute atomic E-state index is 0.264. The van der Waals surface area contributed by atoms with Crippen LogP contribution in [0.2, 0.25) is 0 Å². The van der Waals surface area contributed by atoms with Gasteiger partial charge in [-0.25, -0.2) is 4.79 Å². The lowest BCUT2D eigenvalue weighted by atomic mass is 10.1. The Balaban J connectivity index is 1.88. The number of ether oxygens (including phenoxy) is 3. The summed E-state index contributed by atoms with van der Waals surface area (Å²) in [7, 11) is 0. The second-order valence-corrected chi connectivity index (χ2v) is 7.31. The molecule has 0 aromatic carbocycles. The number of amides is 1. The van der Waals surface area contributed by atoms with E-state index in [1.54, 1.807) is 17.1 Å². The normalized spacial score (nSPS) is 40.3. The Hall–Kier alpha value is -1.11. The van der Waals surface area contributed by atoms with Crippen molar-refractivity contribution >= 4 is 6.09 Å². The molecule has 0 saturated carbocycles. The number of carbonyl (C=O) groups excluding carboxylic acids is 1. The molecule has 2 saturated heterocycles. The van der Waals surface area contributed by atoms with Crippen LogP contribution in [0.4, 0.5) is 4.79 Å². The van der Waals surface area contributed by atoms with E-state index in [2.05, 4.69) is 0 Å². The molecular formula is C15H23NO5. The highest BCUT2D eigenvalue weighted by molar-refractivity contribution is 5.71. The van der Waals surface area contributed by atoms with E-state index < -0.39 is 29.6 Å². The Morgan fingerprint density at radius 3 is 2.48 bits per heavy atom. The van der Waals surface area contributed by atoms with Crippen molar-refractivity contribution in [2.45, 2.75) is 76.4 Å². The van der Waals surface area contributed by atoms with Crippen molar-refractivity contribution in [2.75, 3.05) is 0 Å². The maximum Gasteiger partial charge on any atom is 0.411 e. The molecule has 0 aromatic rings. The number of carbonyl (C=O) groups is 1. The third-order valence-corrected chi connectivity index (χ3v) is 3.94. The highest BCUT2D eigenvalue weighted by atomic mass is 16.8. The van der Waals surface area contributed by atoms with E-state index in [0.717, 1.165) is 0 Å². The van der Waals surface area contributed by atoms with Gasteiger partial charge in [0.15, 0.2) is 5.79 Å². The van der Waals surface area contributed by atoms with Crippen LogP contribution in [0.1, 0.15) is 34.6 Å². The summed E-state index contributed by atoms with van der Waals surface area (Å²) in [6, 6.07) is -0.735. The molecule has 0 aromatic heterocycles. The number of aliphatic hydroxyl groups excluding tert-OH is 1. The van der Waals surface area contributed by atoms with Gasteiger partial charge in [-0.2, -0.15) is 0 Å². The van der Waals surface area contributed by atoms with Crippen LogP contribution in [-0.4, -0.2) is 57.9 Å². The van der Waals surface area contributed by atoms with Crippen molar-refractivity contribution in [3.05, 3.63) is 12.2 Å². The minimum atomic E-state index is -0.777. The molecule has 0 spiro atoms. The lowest BCUT2D eigenvalue weighted by molar-refractivity contribution is -0.169. The number of nitrogens with zero attached hydrogens (tertiary/aromatic N) is 1. The summed E-state index contributed by atoms with van der Waals surface area (Å²) in [5, 5.41) is 10.3. The van der Waals surface area contributed by atoms with Crippen LogP contribution in [0.3, 0.4) is 0 Å². The molecule has 0 unspecified atom stereocenters. The molecule has 21 heavy (non-hydrogen) atoms.